The molecule has 0 amide bonds. The summed E-state index contributed by atoms with van der Waals surface area (Å²) in [6.07, 6.45) is 9.70. The predicted octanol–water partition coefficient (Wildman–Crippen LogP) is 4.57. The molecule has 1 aromatic rings. The number of benzene rings is 1. The lowest BCUT2D eigenvalue weighted by atomic mass is 10.0. The van der Waals surface area contributed by atoms with Gasteiger partial charge in [-0.25, -0.2) is 0 Å². The molecule has 3 nitrogen and oxygen atoms in total. The van der Waals surface area contributed by atoms with Gasteiger partial charge < -0.3 is 5.11 Å². The Morgan fingerprint density at radius 3 is 1.86 bits per heavy atom. The summed E-state index contributed by atoms with van der Waals surface area (Å²) in [7, 11) is 0. The van der Waals surface area contributed by atoms with E-state index < -0.39 is 5.97 Å². The van der Waals surface area contributed by atoms with Gasteiger partial charge in [-0.2, -0.15) is 0 Å². The highest BCUT2D eigenvalue weighted by Crippen LogP contribution is 2.11. The van der Waals surface area contributed by atoms with Gasteiger partial charge in [-0.15, -0.1) is 0 Å². The lowest BCUT2D eigenvalue weighted by Gasteiger charge is -2.04. The maximum atomic E-state index is 11.9. The zero-order valence-corrected chi connectivity index (χ0v) is 13.6. The van der Waals surface area contributed by atoms with E-state index in [0.717, 1.165) is 24.0 Å². The van der Waals surface area contributed by atoms with Gasteiger partial charge in [0.2, 0.25) is 0 Å². The number of hydrogen-bond donors (Lipinski definition) is 1. The molecule has 1 rings (SSSR count). The van der Waals surface area contributed by atoms with Gasteiger partial charge in [0.15, 0.2) is 0 Å². The third kappa shape index (κ3) is 8.60. The Kier molecular flexibility index (Phi) is 9.20. The molecule has 1 N–H and O–H groups in total. The number of unbranched alkanes of at least 4 members (excludes halogenated alkanes) is 6. The molecule has 0 saturated carbocycles. The molecule has 1 aromatic carbocycles. The van der Waals surface area contributed by atoms with Crippen LogP contribution in [0.5, 0.6) is 0 Å². The summed E-state index contributed by atoms with van der Waals surface area (Å²) in [5.41, 5.74) is 1.75. The molecule has 22 heavy (non-hydrogen) atoms. The SMILES string of the molecule is CCCCCCCCCC(=O)Cc1ccc(CC(=O)O)cc1. The highest BCUT2D eigenvalue weighted by molar-refractivity contribution is 5.80. The Balaban J connectivity index is 2.17. The van der Waals surface area contributed by atoms with Crippen LogP contribution in [-0.2, 0) is 22.4 Å². The number of carbonyl (C=O) groups is 2. The summed E-state index contributed by atoms with van der Waals surface area (Å²) >= 11 is 0. The van der Waals surface area contributed by atoms with E-state index in [1.165, 1.54) is 32.1 Å². The highest BCUT2D eigenvalue weighted by Gasteiger charge is 2.05. The minimum Gasteiger partial charge on any atom is -0.481 e. The minimum atomic E-state index is -0.831. The van der Waals surface area contributed by atoms with Gasteiger partial charge in [0.05, 0.1) is 6.42 Å². The molecular formula is C19H28O3. The van der Waals surface area contributed by atoms with Crippen LogP contribution in [0.15, 0.2) is 24.3 Å². The summed E-state index contributed by atoms with van der Waals surface area (Å²) in [5, 5.41) is 8.72. The molecule has 0 bridgehead atoms. The van der Waals surface area contributed by atoms with Crippen LogP contribution in [-0.4, -0.2) is 16.9 Å². The maximum Gasteiger partial charge on any atom is 0.307 e. The van der Waals surface area contributed by atoms with Gasteiger partial charge >= 0.3 is 5.97 Å². The molecule has 0 aliphatic rings. The van der Waals surface area contributed by atoms with E-state index in [1.54, 1.807) is 12.1 Å². The van der Waals surface area contributed by atoms with E-state index in [0.29, 0.717) is 12.8 Å². The van der Waals surface area contributed by atoms with E-state index in [1.807, 2.05) is 12.1 Å². The van der Waals surface area contributed by atoms with Crippen molar-refractivity contribution in [1.29, 1.82) is 0 Å². The van der Waals surface area contributed by atoms with Crippen LogP contribution >= 0.6 is 0 Å². The van der Waals surface area contributed by atoms with Crippen LogP contribution in [0.3, 0.4) is 0 Å². The normalized spacial score (nSPS) is 10.6. The predicted molar refractivity (Wildman–Crippen MR) is 89.1 cm³/mol. The first-order valence-corrected chi connectivity index (χ1v) is 8.43. The largest absolute Gasteiger partial charge is 0.481 e. The van der Waals surface area contributed by atoms with Crippen LogP contribution in [0.4, 0.5) is 0 Å². The van der Waals surface area contributed by atoms with Crippen LogP contribution in [0.1, 0.15) is 69.4 Å². The molecule has 0 saturated heterocycles. The zero-order valence-electron chi connectivity index (χ0n) is 13.6. The number of ketones is 1. The Labute approximate surface area is 133 Å². The summed E-state index contributed by atoms with van der Waals surface area (Å²) in [5.74, 6) is -0.553. The number of aliphatic carboxylic acids is 1. The fraction of sp³-hybridized carbons (Fsp3) is 0.579. The first kappa shape index (κ1) is 18.4. The monoisotopic (exact) mass is 304 g/mol. The van der Waals surface area contributed by atoms with E-state index >= 15 is 0 Å². The lowest BCUT2D eigenvalue weighted by Crippen LogP contribution is -2.03. The summed E-state index contributed by atoms with van der Waals surface area (Å²) in [4.78, 5) is 22.5. The van der Waals surface area contributed by atoms with Crippen molar-refractivity contribution in [3.05, 3.63) is 35.4 Å². The molecule has 3 heteroatoms. The van der Waals surface area contributed by atoms with Crippen LogP contribution < -0.4 is 0 Å². The van der Waals surface area contributed by atoms with Gasteiger partial charge in [-0.3, -0.25) is 9.59 Å². The number of hydrogen-bond acceptors (Lipinski definition) is 2. The average Bonchev–Trinajstić information content (AvgIpc) is 2.48. The van der Waals surface area contributed by atoms with Crippen molar-refractivity contribution in [2.45, 2.75) is 71.1 Å². The quantitative estimate of drug-likeness (QED) is 0.576. The Morgan fingerprint density at radius 1 is 0.818 bits per heavy atom. The summed E-state index contributed by atoms with van der Waals surface area (Å²) in [6.45, 7) is 2.22. The lowest BCUT2D eigenvalue weighted by molar-refractivity contribution is -0.136. The number of carboxylic acids is 1. The van der Waals surface area contributed by atoms with Gasteiger partial charge in [-0.1, -0.05) is 69.7 Å². The van der Waals surface area contributed by atoms with E-state index in [4.69, 9.17) is 5.11 Å². The van der Waals surface area contributed by atoms with E-state index in [9.17, 15) is 9.59 Å². The number of Topliss-reactive ketones (excluding diaryl/α,β-unsaturated/α-hetero) is 1. The second-order valence-electron chi connectivity index (χ2n) is 5.97. The number of rotatable bonds is 12. The fourth-order valence-corrected chi connectivity index (χ4v) is 2.54. The Bertz CT molecular complexity index is 448. The third-order valence-electron chi connectivity index (χ3n) is 3.84. The van der Waals surface area contributed by atoms with Gasteiger partial charge in [0.25, 0.3) is 0 Å². The Hall–Kier alpha value is -1.64. The minimum absolute atomic E-state index is 0.0340. The topological polar surface area (TPSA) is 54.4 Å². The van der Waals surface area contributed by atoms with Gasteiger partial charge in [0, 0.05) is 12.8 Å². The number of carboxylic acid groups (broad SMARTS) is 1. The molecule has 0 heterocycles. The van der Waals surface area contributed by atoms with Crippen molar-refractivity contribution in [2.75, 3.05) is 0 Å². The van der Waals surface area contributed by atoms with Crippen molar-refractivity contribution < 1.29 is 14.7 Å². The molecule has 0 fully saturated rings. The van der Waals surface area contributed by atoms with Crippen LogP contribution in [0.2, 0.25) is 0 Å². The molecule has 0 radical (unpaired) electrons. The molecular weight excluding hydrogens is 276 g/mol. The van der Waals surface area contributed by atoms with Crippen LogP contribution in [0, 0.1) is 0 Å². The van der Waals surface area contributed by atoms with Crippen molar-refractivity contribution in [3.63, 3.8) is 0 Å². The maximum absolute atomic E-state index is 11.9. The van der Waals surface area contributed by atoms with Gasteiger partial charge in [-0.05, 0) is 17.5 Å². The summed E-state index contributed by atoms with van der Waals surface area (Å²) < 4.78 is 0. The van der Waals surface area contributed by atoms with Crippen molar-refractivity contribution in [2.24, 2.45) is 0 Å². The van der Waals surface area contributed by atoms with E-state index in [2.05, 4.69) is 6.92 Å². The second kappa shape index (κ2) is 11.0. The highest BCUT2D eigenvalue weighted by atomic mass is 16.4. The number of carbonyl (C=O) groups excluding carboxylic acids is 1. The zero-order chi connectivity index (χ0) is 16.2. The Morgan fingerprint density at radius 2 is 1.32 bits per heavy atom. The van der Waals surface area contributed by atoms with E-state index in [-0.39, 0.29) is 12.2 Å². The average molecular weight is 304 g/mol. The third-order valence-corrected chi connectivity index (χ3v) is 3.84. The molecule has 0 aromatic heterocycles. The molecule has 0 aliphatic heterocycles. The fourth-order valence-electron chi connectivity index (χ4n) is 2.54. The standard InChI is InChI=1S/C19H28O3/c1-2-3-4-5-6-7-8-9-18(20)14-16-10-12-17(13-11-16)15-19(21)22/h10-13H,2-9,14-15H2,1H3,(H,21,22). The first-order chi connectivity index (χ1) is 10.6. The van der Waals surface area contributed by atoms with Crippen molar-refractivity contribution >= 4 is 11.8 Å². The molecule has 0 atom stereocenters. The molecule has 0 spiro atoms. The summed E-state index contributed by atoms with van der Waals surface area (Å²) in [6, 6.07) is 7.32. The molecule has 122 valence electrons. The molecule has 0 aliphatic carbocycles. The second-order valence-corrected chi connectivity index (χ2v) is 5.97. The smallest absolute Gasteiger partial charge is 0.307 e. The molecule has 0 unspecified atom stereocenters. The van der Waals surface area contributed by atoms with Crippen molar-refractivity contribution in [1.82, 2.24) is 0 Å². The van der Waals surface area contributed by atoms with Crippen molar-refractivity contribution in [3.8, 4) is 0 Å². The van der Waals surface area contributed by atoms with Gasteiger partial charge in [0.1, 0.15) is 5.78 Å². The van der Waals surface area contributed by atoms with Crippen LogP contribution in [0.25, 0.3) is 0 Å². The first-order valence-electron chi connectivity index (χ1n) is 8.43.